The molecule has 100 valence electrons. The summed E-state index contributed by atoms with van der Waals surface area (Å²) in [4.78, 5) is 13.5. The number of nitrogens with two attached hydrogens (primary N) is 1. The van der Waals surface area contributed by atoms with E-state index >= 15 is 0 Å². The predicted molar refractivity (Wildman–Crippen MR) is 67.9 cm³/mol. The van der Waals surface area contributed by atoms with Crippen molar-refractivity contribution < 1.29 is 9.53 Å². The number of rotatable bonds is 5. The highest BCUT2D eigenvalue weighted by Gasteiger charge is 2.21. The fourth-order valence-corrected chi connectivity index (χ4v) is 1.40. The van der Waals surface area contributed by atoms with Crippen LogP contribution in [0.5, 0.6) is 5.88 Å². The summed E-state index contributed by atoms with van der Waals surface area (Å²) in [6.45, 7) is 4.23. The SMILES string of the molecule is COc1ccc(CN(C)C(=O)C(N)C(C)C)nn1. The van der Waals surface area contributed by atoms with Gasteiger partial charge >= 0.3 is 0 Å². The lowest BCUT2D eigenvalue weighted by atomic mass is 10.0. The van der Waals surface area contributed by atoms with E-state index in [9.17, 15) is 4.79 Å². The Labute approximate surface area is 107 Å². The summed E-state index contributed by atoms with van der Waals surface area (Å²) in [6.07, 6.45) is 0. The minimum absolute atomic E-state index is 0.0948. The Morgan fingerprint density at radius 3 is 2.56 bits per heavy atom. The number of carbonyl (C=O) groups excluding carboxylic acids is 1. The Hall–Kier alpha value is -1.69. The second-order valence-corrected chi connectivity index (χ2v) is 4.53. The minimum Gasteiger partial charge on any atom is -0.480 e. The van der Waals surface area contributed by atoms with Crippen LogP contribution in [0.4, 0.5) is 0 Å². The third kappa shape index (κ3) is 3.66. The van der Waals surface area contributed by atoms with E-state index in [4.69, 9.17) is 10.5 Å². The largest absolute Gasteiger partial charge is 0.480 e. The molecule has 6 nitrogen and oxygen atoms in total. The molecule has 0 saturated heterocycles. The average molecular weight is 252 g/mol. The number of hydrogen-bond donors (Lipinski definition) is 1. The number of nitrogens with zero attached hydrogens (tertiary/aromatic N) is 3. The smallest absolute Gasteiger partial charge is 0.239 e. The number of carbonyl (C=O) groups is 1. The summed E-state index contributed by atoms with van der Waals surface area (Å²) in [5.41, 5.74) is 6.51. The first-order valence-electron chi connectivity index (χ1n) is 5.83. The van der Waals surface area contributed by atoms with Crippen molar-refractivity contribution in [3.05, 3.63) is 17.8 Å². The Kier molecular flexibility index (Phi) is 5.03. The van der Waals surface area contributed by atoms with E-state index in [0.29, 0.717) is 18.1 Å². The molecular weight excluding hydrogens is 232 g/mol. The van der Waals surface area contributed by atoms with Crippen LogP contribution in [0.15, 0.2) is 12.1 Å². The maximum Gasteiger partial charge on any atom is 0.239 e. The molecule has 0 saturated carbocycles. The lowest BCUT2D eigenvalue weighted by Crippen LogP contribution is -2.44. The number of likely N-dealkylation sites (N-methyl/N-ethyl adjacent to an activating group) is 1. The minimum atomic E-state index is -0.485. The van der Waals surface area contributed by atoms with E-state index in [-0.39, 0.29) is 11.8 Å². The lowest BCUT2D eigenvalue weighted by Gasteiger charge is -2.22. The standard InChI is InChI=1S/C12H20N4O2/c1-8(2)11(13)12(17)16(3)7-9-5-6-10(18-4)15-14-9/h5-6,8,11H,7,13H2,1-4H3. The summed E-state index contributed by atoms with van der Waals surface area (Å²) in [6, 6.07) is 3.00. The van der Waals surface area contributed by atoms with Crippen molar-refractivity contribution in [3.8, 4) is 5.88 Å². The first kappa shape index (κ1) is 14.4. The molecule has 1 rings (SSSR count). The third-order valence-corrected chi connectivity index (χ3v) is 2.68. The van der Waals surface area contributed by atoms with Crippen LogP contribution in [0.3, 0.4) is 0 Å². The van der Waals surface area contributed by atoms with Crippen LogP contribution in [0.2, 0.25) is 0 Å². The summed E-state index contributed by atoms with van der Waals surface area (Å²) in [5.74, 6) is 0.469. The average Bonchev–Trinajstić information content (AvgIpc) is 2.37. The van der Waals surface area contributed by atoms with Crippen molar-refractivity contribution >= 4 is 5.91 Å². The van der Waals surface area contributed by atoms with E-state index in [1.165, 1.54) is 7.11 Å². The van der Waals surface area contributed by atoms with Gasteiger partial charge in [-0.2, -0.15) is 5.10 Å². The number of hydrogen-bond acceptors (Lipinski definition) is 5. The molecule has 0 aliphatic rings. The highest BCUT2D eigenvalue weighted by atomic mass is 16.5. The van der Waals surface area contributed by atoms with E-state index in [1.807, 2.05) is 13.8 Å². The maximum atomic E-state index is 11.9. The zero-order valence-corrected chi connectivity index (χ0v) is 11.3. The number of methoxy groups -OCH3 is 1. The van der Waals surface area contributed by atoms with Crippen LogP contribution < -0.4 is 10.5 Å². The van der Waals surface area contributed by atoms with Crippen molar-refractivity contribution in [3.63, 3.8) is 0 Å². The van der Waals surface area contributed by atoms with Crippen molar-refractivity contribution in [2.45, 2.75) is 26.4 Å². The van der Waals surface area contributed by atoms with Crippen molar-refractivity contribution in [1.82, 2.24) is 15.1 Å². The monoisotopic (exact) mass is 252 g/mol. The van der Waals surface area contributed by atoms with Gasteiger partial charge in [-0.05, 0) is 12.0 Å². The van der Waals surface area contributed by atoms with E-state index in [0.717, 1.165) is 0 Å². The molecule has 0 aromatic carbocycles. The van der Waals surface area contributed by atoms with Crippen LogP contribution in [0.25, 0.3) is 0 Å². The topological polar surface area (TPSA) is 81.3 Å². The quantitative estimate of drug-likeness (QED) is 0.821. The van der Waals surface area contributed by atoms with Gasteiger partial charge in [0.1, 0.15) is 0 Å². The van der Waals surface area contributed by atoms with Gasteiger partial charge in [0.15, 0.2) is 0 Å². The van der Waals surface area contributed by atoms with Gasteiger partial charge in [-0.15, -0.1) is 5.10 Å². The van der Waals surface area contributed by atoms with E-state index in [2.05, 4.69) is 10.2 Å². The molecule has 0 spiro atoms. The van der Waals surface area contributed by atoms with Crippen LogP contribution in [0, 0.1) is 5.92 Å². The van der Waals surface area contributed by atoms with Crippen LogP contribution in [0.1, 0.15) is 19.5 Å². The zero-order chi connectivity index (χ0) is 13.7. The fourth-order valence-electron chi connectivity index (χ4n) is 1.40. The van der Waals surface area contributed by atoms with Gasteiger partial charge in [0.05, 0.1) is 25.4 Å². The van der Waals surface area contributed by atoms with Gasteiger partial charge in [-0.1, -0.05) is 13.8 Å². The number of ether oxygens (including phenoxy) is 1. The van der Waals surface area contributed by atoms with Gasteiger partial charge in [-0.25, -0.2) is 0 Å². The Morgan fingerprint density at radius 1 is 1.44 bits per heavy atom. The van der Waals surface area contributed by atoms with Crippen LogP contribution >= 0.6 is 0 Å². The molecular formula is C12H20N4O2. The maximum absolute atomic E-state index is 11.9. The Balaban J connectivity index is 2.63. The Bertz CT molecular complexity index is 392. The molecule has 1 unspecified atom stereocenters. The van der Waals surface area contributed by atoms with Crippen molar-refractivity contribution in [2.75, 3.05) is 14.2 Å². The summed E-state index contributed by atoms with van der Waals surface area (Å²) < 4.78 is 4.92. The third-order valence-electron chi connectivity index (χ3n) is 2.68. The molecule has 0 bridgehead atoms. The fraction of sp³-hybridized carbons (Fsp3) is 0.583. The molecule has 0 radical (unpaired) electrons. The lowest BCUT2D eigenvalue weighted by molar-refractivity contribution is -0.132. The zero-order valence-electron chi connectivity index (χ0n) is 11.3. The normalized spacial score (nSPS) is 12.3. The number of aromatic nitrogens is 2. The van der Waals surface area contributed by atoms with Crippen molar-refractivity contribution in [2.24, 2.45) is 11.7 Å². The van der Waals surface area contributed by atoms with Gasteiger partial charge in [0, 0.05) is 13.1 Å². The van der Waals surface area contributed by atoms with Gasteiger partial charge in [0.2, 0.25) is 11.8 Å². The first-order chi connectivity index (χ1) is 8.45. The molecule has 1 heterocycles. The molecule has 2 N–H and O–H groups in total. The molecule has 0 aliphatic heterocycles. The highest BCUT2D eigenvalue weighted by molar-refractivity contribution is 5.81. The summed E-state index contributed by atoms with van der Waals surface area (Å²) in [5, 5.41) is 7.81. The van der Waals surface area contributed by atoms with Crippen LogP contribution in [-0.2, 0) is 11.3 Å². The summed E-state index contributed by atoms with van der Waals surface area (Å²) in [7, 11) is 3.23. The second-order valence-electron chi connectivity index (χ2n) is 4.53. The Morgan fingerprint density at radius 2 is 2.11 bits per heavy atom. The van der Waals surface area contributed by atoms with E-state index < -0.39 is 6.04 Å². The molecule has 1 aromatic rings. The molecule has 6 heteroatoms. The number of amides is 1. The summed E-state index contributed by atoms with van der Waals surface area (Å²) >= 11 is 0. The van der Waals surface area contributed by atoms with Gasteiger partial charge < -0.3 is 15.4 Å². The molecule has 0 fully saturated rings. The second kappa shape index (κ2) is 6.30. The molecule has 0 aliphatic carbocycles. The molecule has 1 amide bonds. The molecule has 1 aromatic heterocycles. The van der Waals surface area contributed by atoms with Gasteiger partial charge in [0.25, 0.3) is 0 Å². The van der Waals surface area contributed by atoms with Gasteiger partial charge in [-0.3, -0.25) is 4.79 Å². The van der Waals surface area contributed by atoms with Crippen LogP contribution in [-0.4, -0.2) is 41.2 Å². The van der Waals surface area contributed by atoms with Crippen molar-refractivity contribution in [1.29, 1.82) is 0 Å². The highest BCUT2D eigenvalue weighted by Crippen LogP contribution is 2.08. The first-order valence-corrected chi connectivity index (χ1v) is 5.83. The van der Waals surface area contributed by atoms with E-state index in [1.54, 1.807) is 24.1 Å². The molecule has 18 heavy (non-hydrogen) atoms. The predicted octanol–water partition coefficient (Wildman–Crippen LogP) is 0.427. The molecule has 1 atom stereocenters.